The fourth-order valence-electron chi connectivity index (χ4n) is 2.64. The fourth-order valence-corrected chi connectivity index (χ4v) is 4.09. The number of ether oxygens (including phenoxy) is 1. The van der Waals surface area contributed by atoms with E-state index in [2.05, 4.69) is 0 Å². The van der Waals surface area contributed by atoms with E-state index in [0.717, 1.165) is 11.0 Å². The van der Waals surface area contributed by atoms with Gasteiger partial charge in [-0.3, -0.25) is 0 Å². The molecule has 0 aromatic heterocycles. The Morgan fingerprint density at radius 1 is 1.08 bits per heavy atom. The van der Waals surface area contributed by atoms with E-state index in [1.165, 1.54) is 4.31 Å². The van der Waals surface area contributed by atoms with Gasteiger partial charge in [-0.15, -0.1) is 0 Å². The molecule has 0 bridgehead atoms. The monoisotopic (exact) mass is 344 g/mol. The van der Waals surface area contributed by atoms with E-state index in [1.54, 1.807) is 31.7 Å². The van der Waals surface area contributed by atoms with Gasteiger partial charge in [0.05, 0.1) is 11.5 Å². The number of fused-ring (bicyclic) bond motifs is 1. The molecular formula is C17H19BNO4S. The molecule has 7 heteroatoms. The summed E-state index contributed by atoms with van der Waals surface area (Å²) in [4.78, 5) is 0.274. The normalized spacial score (nSPS) is 13.6. The summed E-state index contributed by atoms with van der Waals surface area (Å²) in [5, 5.41) is 0. The molecule has 1 aliphatic rings. The van der Waals surface area contributed by atoms with Crippen LogP contribution in [-0.2, 0) is 21.3 Å². The second kappa shape index (κ2) is 6.97. The minimum Gasteiger partial charge on any atom is -0.457 e. The van der Waals surface area contributed by atoms with Crippen LogP contribution in [0.2, 0.25) is 0 Å². The van der Waals surface area contributed by atoms with Crippen molar-refractivity contribution in [1.29, 1.82) is 0 Å². The first kappa shape index (κ1) is 17.0. The van der Waals surface area contributed by atoms with E-state index in [-0.39, 0.29) is 4.90 Å². The predicted octanol–water partition coefficient (Wildman–Crippen LogP) is 2.28. The van der Waals surface area contributed by atoms with Crippen LogP contribution in [0.4, 0.5) is 0 Å². The lowest BCUT2D eigenvalue weighted by Crippen LogP contribution is -2.30. The number of hydrogen-bond acceptors (Lipinski definition) is 4. The van der Waals surface area contributed by atoms with Crippen molar-refractivity contribution >= 4 is 23.0 Å². The second-order valence-corrected chi connectivity index (χ2v) is 7.39. The highest BCUT2D eigenvalue weighted by molar-refractivity contribution is 7.89. The van der Waals surface area contributed by atoms with Gasteiger partial charge in [0.25, 0.3) is 0 Å². The Hall–Kier alpha value is -1.83. The summed E-state index contributed by atoms with van der Waals surface area (Å²) in [5.74, 6) is 1.29. The molecule has 0 saturated heterocycles. The van der Waals surface area contributed by atoms with Crippen LogP contribution in [0.15, 0.2) is 47.4 Å². The molecule has 3 rings (SSSR count). The zero-order chi connectivity index (χ0) is 17.2. The van der Waals surface area contributed by atoms with Gasteiger partial charge in [0, 0.05) is 13.1 Å². The molecule has 5 nitrogen and oxygen atoms in total. The highest BCUT2D eigenvalue weighted by Crippen LogP contribution is 2.25. The summed E-state index contributed by atoms with van der Waals surface area (Å²) >= 11 is 0. The van der Waals surface area contributed by atoms with Gasteiger partial charge in [0.1, 0.15) is 11.5 Å². The van der Waals surface area contributed by atoms with Gasteiger partial charge in [-0.2, -0.15) is 4.31 Å². The van der Waals surface area contributed by atoms with Crippen LogP contribution in [0.3, 0.4) is 0 Å². The number of nitrogens with zero attached hydrogens (tertiary/aromatic N) is 1. The molecule has 0 aliphatic carbocycles. The quantitative estimate of drug-likeness (QED) is 0.755. The van der Waals surface area contributed by atoms with Crippen LogP contribution >= 0.6 is 0 Å². The number of benzene rings is 2. The molecule has 0 spiro atoms. The van der Waals surface area contributed by atoms with Crippen LogP contribution < -0.4 is 10.2 Å². The topological polar surface area (TPSA) is 55.8 Å². The molecule has 125 valence electrons. The van der Waals surface area contributed by atoms with E-state index in [1.807, 2.05) is 32.0 Å². The molecule has 2 aromatic carbocycles. The van der Waals surface area contributed by atoms with Gasteiger partial charge in [-0.25, -0.2) is 8.42 Å². The Labute approximate surface area is 143 Å². The zero-order valence-corrected chi connectivity index (χ0v) is 14.5. The maximum Gasteiger partial charge on any atom is 0.330 e. The molecule has 0 amide bonds. The van der Waals surface area contributed by atoms with Gasteiger partial charge >= 0.3 is 7.48 Å². The lowest BCUT2D eigenvalue weighted by atomic mass is 9.87. The Morgan fingerprint density at radius 2 is 1.75 bits per heavy atom. The van der Waals surface area contributed by atoms with Crippen molar-refractivity contribution in [2.45, 2.75) is 25.3 Å². The van der Waals surface area contributed by atoms with Crippen molar-refractivity contribution in [3.05, 3.63) is 48.0 Å². The summed E-state index contributed by atoms with van der Waals surface area (Å²) in [5.41, 5.74) is 2.14. The first-order valence-electron chi connectivity index (χ1n) is 7.90. The van der Waals surface area contributed by atoms with Gasteiger partial charge in [-0.05, 0) is 47.4 Å². The van der Waals surface area contributed by atoms with Crippen molar-refractivity contribution in [2.24, 2.45) is 0 Å². The van der Waals surface area contributed by atoms with Crippen LogP contribution in [0.25, 0.3) is 0 Å². The average Bonchev–Trinajstić information content (AvgIpc) is 3.04. The standard InChI is InChI=1S/C17H19BNO4S/c1-3-19(4-2)24(20,21)16-8-5-14(6-9-16)23-15-7-10-17-13(11-15)12-22-18-17/h5-11H,3-4,12H2,1-2H3. The molecule has 0 saturated carbocycles. The second-order valence-electron chi connectivity index (χ2n) is 5.45. The zero-order valence-electron chi connectivity index (χ0n) is 13.7. The third-order valence-corrected chi connectivity index (χ3v) is 6.03. The minimum absolute atomic E-state index is 0.274. The highest BCUT2D eigenvalue weighted by atomic mass is 32.2. The van der Waals surface area contributed by atoms with E-state index in [9.17, 15) is 8.42 Å². The highest BCUT2D eigenvalue weighted by Gasteiger charge is 2.21. The molecule has 1 radical (unpaired) electrons. The van der Waals surface area contributed by atoms with Crippen LogP contribution in [0.5, 0.6) is 11.5 Å². The molecule has 0 fully saturated rings. The largest absolute Gasteiger partial charge is 0.457 e. The Bertz CT molecular complexity index is 817. The SMILES string of the molecule is CCN(CC)S(=O)(=O)c1ccc(Oc2ccc3c(c2)CO[B]3)cc1. The summed E-state index contributed by atoms with van der Waals surface area (Å²) in [6, 6.07) is 12.2. The van der Waals surface area contributed by atoms with E-state index >= 15 is 0 Å². The van der Waals surface area contributed by atoms with Crippen molar-refractivity contribution in [2.75, 3.05) is 13.1 Å². The lowest BCUT2D eigenvalue weighted by Gasteiger charge is -2.18. The lowest BCUT2D eigenvalue weighted by molar-refractivity contribution is 0.344. The van der Waals surface area contributed by atoms with Crippen LogP contribution in [0, 0.1) is 0 Å². The van der Waals surface area contributed by atoms with E-state index < -0.39 is 10.0 Å². The summed E-state index contributed by atoms with van der Waals surface area (Å²) in [6.07, 6.45) is 0. The molecule has 0 N–H and O–H groups in total. The van der Waals surface area contributed by atoms with Crippen LogP contribution in [-0.4, -0.2) is 33.3 Å². The van der Waals surface area contributed by atoms with Gasteiger partial charge in [-0.1, -0.05) is 19.9 Å². The molecule has 1 aliphatic heterocycles. The summed E-state index contributed by atoms with van der Waals surface area (Å²) in [7, 11) is -1.71. The van der Waals surface area contributed by atoms with Crippen molar-refractivity contribution in [3.8, 4) is 11.5 Å². The number of rotatable bonds is 6. The smallest absolute Gasteiger partial charge is 0.330 e. The first-order chi connectivity index (χ1) is 11.5. The maximum absolute atomic E-state index is 12.5. The maximum atomic E-state index is 12.5. The van der Waals surface area contributed by atoms with E-state index in [4.69, 9.17) is 9.39 Å². The minimum atomic E-state index is -3.44. The predicted molar refractivity (Wildman–Crippen MR) is 93.2 cm³/mol. The number of hydrogen-bond donors (Lipinski definition) is 0. The Morgan fingerprint density at radius 3 is 2.42 bits per heavy atom. The van der Waals surface area contributed by atoms with Gasteiger partial charge in [0.2, 0.25) is 10.0 Å². The molecule has 0 atom stereocenters. The average molecular weight is 344 g/mol. The number of sulfonamides is 1. The summed E-state index contributed by atoms with van der Waals surface area (Å²) < 4.78 is 37.4. The molecular weight excluding hydrogens is 325 g/mol. The molecule has 1 heterocycles. The first-order valence-corrected chi connectivity index (χ1v) is 9.34. The van der Waals surface area contributed by atoms with E-state index in [0.29, 0.717) is 31.2 Å². The Kier molecular flexibility index (Phi) is 4.94. The van der Waals surface area contributed by atoms with Crippen LogP contribution in [0.1, 0.15) is 19.4 Å². The third kappa shape index (κ3) is 3.33. The van der Waals surface area contributed by atoms with Gasteiger partial charge < -0.3 is 9.39 Å². The van der Waals surface area contributed by atoms with Crippen molar-refractivity contribution in [3.63, 3.8) is 0 Å². The molecule has 2 aromatic rings. The molecule has 0 unspecified atom stereocenters. The Balaban J connectivity index is 1.77. The fraction of sp³-hybridized carbons (Fsp3) is 0.294. The molecule has 24 heavy (non-hydrogen) atoms. The third-order valence-electron chi connectivity index (χ3n) is 3.97. The van der Waals surface area contributed by atoms with Crippen molar-refractivity contribution < 1.29 is 17.8 Å². The van der Waals surface area contributed by atoms with Crippen molar-refractivity contribution in [1.82, 2.24) is 4.31 Å². The summed E-state index contributed by atoms with van der Waals surface area (Å²) in [6.45, 7) is 5.10. The van der Waals surface area contributed by atoms with Gasteiger partial charge in [0.15, 0.2) is 0 Å².